The van der Waals surface area contributed by atoms with Gasteiger partial charge in [-0.1, -0.05) is 0 Å². The molecule has 2 aromatic rings. The largest absolute Gasteiger partial charge is 0.399 e. The Balaban J connectivity index is 1.82. The Bertz CT molecular complexity index is 602. The molecule has 1 atom stereocenters. The van der Waals surface area contributed by atoms with Crippen LogP contribution in [0.3, 0.4) is 0 Å². The zero-order chi connectivity index (χ0) is 13.2. The number of rotatable bonds is 2. The van der Waals surface area contributed by atoms with Crippen molar-refractivity contribution in [2.45, 2.75) is 18.9 Å². The van der Waals surface area contributed by atoms with E-state index in [9.17, 15) is 4.79 Å². The molecule has 4 N–H and O–H groups in total. The first-order valence-electron chi connectivity index (χ1n) is 6.36. The molecule has 0 radical (unpaired) electrons. The molecule has 0 spiro atoms. The summed E-state index contributed by atoms with van der Waals surface area (Å²) < 4.78 is 5.34. The molecule has 1 saturated heterocycles. The predicted molar refractivity (Wildman–Crippen MR) is 71.8 cm³/mol. The average Bonchev–Trinajstić information content (AvgIpc) is 2.82. The quantitative estimate of drug-likeness (QED) is 0.704. The van der Waals surface area contributed by atoms with Crippen LogP contribution in [-0.2, 0) is 4.74 Å². The van der Waals surface area contributed by atoms with Crippen molar-refractivity contribution in [2.24, 2.45) is 0 Å². The molecule has 3 rings (SSSR count). The highest BCUT2D eigenvalue weighted by Crippen LogP contribution is 2.19. The molecule has 1 unspecified atom stereocenters. The molecule has 1 aromatic heterocycles. The van der Waals surface area contributed by atoms with E-state index in [2.05, 4.69) is 15.5 Å². The van der Waals surface area contributed by atoms with Gasteiger partial charge in [0, 0.05) is 17.7 Å². The molecule has 6 heteroatoms. The Kier molecular flexibility index (Phi) is 3.08. The third-order valence-corrected chi connectivity index (χ3v) is 3.30. The lowest BCUT2D eigenvalue weighted by Gasteiger charge is -2.22. The Morgan fingerprint density at radius 2 is 2.42 bits per heavy atom. The lowest BCUT2D eigenvalue weighted by molar-refractivity contribution is 0.0622. The summed E-state index contributed by atoms with van der Waals surface area (Å²) in [5.74, 6) is -0.188. The van der Waals surface area contributed by atoms with Gasteiger partial charge < -0.3 is 15.8 Å². The molecule has 1 amide bonds. The molecule has 1 aromatic carbocycles. The van der Waals surface area contributed by atoms with E-state index in [0.29, 0.717) is 18.0 Å². The number of benzene rings is 1. The van der Waals surface area contributed by atoms with Crippen LogP contribution in [0.4, 0.5) is 5.69 Å². The number of aromatic amines is 1. The van der Waals surface area contributed by atoms with Crippen LogP contribution in [0.15, 0.2) is 18.2 Å². The molecule has 0 saturated carbocycles. The summed E-state index contributed by atoms with van der Waals surface area (Å²) in [7, 11) is 0. The second kappa shape index (κ2) is 4.89. The Morgan fingerprint density at radius 3 is 3.21 bits per heavy atom. The van der Waals surface area contributed by atoms with E-state index in [4.69, 9.17) is 10.5 Å². The number of nitrogens with one attached hydrogen (secondary N) is 2. The van der Waals surface area contributed by atoms with Crippen LogP contribution in [0.1, 0.15) is 23.3 Å². The SMILES string of the molecule is Nc1ccc2[nH]nc(C(=O)NC3CCCOC3)c2c1. The number of amides is 1. The number of fused-ring (bicyclic) bond motifs is 1. The van der Waals surface area contributed by atoms with Gasteiger partial charge in [-0.2, -0.15) is 5.10 Å². The third kappa shape index (κ3) is 2.39. The molecule has 1 aliphatic heterocycles. The number of anilines is 1. The van der Waals surface area contributed by atoms with Crippen molar-refractivity contribution in [3.05, 3.63) is 23.9 Å². The number of nitrogens with zero attached hydrogens (tertiary/aromatic N) is 1. The lowest BCUT2D eigenvalue weighted by Crippen LogP contribution is -2.40. The fourth-order valence-corrected chi connectivity index (χ4v) is 2.31. The van der Waals surface area contributed by atoms with Gasteiger partial charge in [-0.15, -0.1) is 0 Å². The maximum absolute atomic E-state index is 12.2. The summed E-state index contributed by atoms with van der Waals surface area (Å²) in [6, 6.07) is 5.41. The molecular weight excluding hydrogens is 244 g/mol. The first-order chi connectivity index (χ1) is 9.24. The fourth-order valence-electron chi connectivity index (χ4n) is 2.31. The topological polar surface area (TPSA) is 93.0 Å². The fraction of sp³-hybridized carbons (Fsp3) is 0.385. The van der Waals surface area contributed by atoms with Crippen molar-refractivity contribution < 1.29 is 9.53 Å². The minimum atomic E-state index is -0.188. The number of H-pyrrole nitrogens is 1. The second-order valence-corrected chi connectivity index (χ2v) is 4.76. The summed E-state index contributed by atoms with van der Waals surface area (Å²) in [6.07, 6.45) is 1.91. The summed E-state index contributed by atoms with van der Waals surface area (Å²) in [6.45, 7) is 1.34. The van der Waals surface area contributed by atoms with Crippen molar-refractivity contribution >= 4 is 22.5 Å². The van der Waals surface area contributed by atoms with Crippen LogP contribution in [0.2, 0.25) is 0 Å². The monoisotopic (exact) mass is 260 g/mol. The standard InChI is InChI=1S/C13H16N4O2/c14-8-3-4-11-10(6-8)12(17-16-11)13(18)15-9-2-1-5-19-7-9/h3-4,6,9H,1-2,5,7,14H2,(H,15,18)(H,16,17). The molecule has 0 aliphatic carbocycles. The van der Waals surface area contributed by atoms with Gasteiger partial charge in [0.2, 0.25) is 0 Å². The highest BCUT2D eigenvalue weighted by Gasteiger charge is 2.20. The highest BCUT2D eigenvalue weighted by molar-refractivity contribution is 6.05. The summed E-state index contributed by atoms with van der Waals surface area (Å²) in [5.41, 5.74) is 7.54. The van der Waals surface area contributed by atoms with E-state index in [-0.39, 0.29) is 11.9 Å². The number of hydrogen-bond acceptors (Lipinski definition) is 4. The Hall–Kier alpha value is -2.08. The van der Waals surface area contributed by atoms with E-state index < -0.39 is 0 Å². The molecule has 100 valence electrons. The number of aromatic nitrogens is 2. The molecule has 0 bridgehead atoms. The number of carbonyl (C=O) groups excluding carboxylic acids is 1. The first-order valence-corrected chi connectivity index (χ1v) is 6.36. The number of nitrogens with two attached hydrogens (primary N) is 1. The number of carbonyl (C=O) groups is 1. The first kappa shape index (κ1) is 12.0. The van der Waals surface area contributed by atoms with Gasteiger partial charge in [0.1, 0.15) is 0 Å². The molecule has 2 heterocycles. The lowest BCUT2D eigenvalue weighted by atomic mass is 10.1. The normalized spacial score (nSPS) is 19.5. The van der Waals surface area contributed by atoms with Crippen LogP contribution >= 0.6 is 0 Å². The summed E-state index contributed by atoms with van der Waals surface area (Å²) >= 11 is 0. The van der Waals surface area contributed by atoms with Gasteiger partial charge in [-0.3, -0.25) is 9.89 Å². The van der Waals surface area contributed by atoms with Crippen molar-refractivity contribution in [3.63, 3.8) is 0 Å². The van der Waals surface area contributed by atoms with E-state index >= 15 is 0 Å². The van der Waals surface area contributed by atoms with Gasteiger partial charge in [0.25, 0.3) is 5.91 Å². The van der Waals surface area contributed by atoms with Crippen LogP contribution in [0.25, 0.3) is 10.9 Å². The van der Waals surface area contributed by atoms with E-state index in [1.165, 1.54) is 0 Å². The Morgan fingerprint density at radius 1 is 1.53 bits per heavy atom. The van der Waals surface area contributed by atoms with Crippen LogP contribution in [0, 0.1) is 0 Å². The maximum Gasteiger partial charge on any atom is 0.272 e. The molecule has 6 nitrogen and oxygen atoms in total. The van der Waals surface area contributed by atoms with E-state index in [1.807, 2.05) is 6.07 Å². The van der Waals surface area contributed by atoms with Gasteiger partial charge in [0.05, 0.1) is 18.2 Å². The minimum absolute atomic E-state index is 0.0639. The third-order valence-electron chi connectivity index (χ3n) is 3.30. The molecule has 19 heavy (non-hydrogen) atoms. The zero-order valence-electron chi connectivity index (χ0n) is 10.5. The average molecular weight is 260 g/mol. The minimum Gasteiger partial charge on any atom is -0.399 e. The van der Waals surface area contributed by atoms with Crippen LogP contribution in [-0.4, -0.2) is 35.4 Å². The molecule has 1 fully saturated rings. The van der Waals surface area contributed by atoms with E-state index in [0.717, 1.165) is 30.4 Å². The maximum atomic E-state index is 12.2. The van der Waals surface area contributed by atoms with Crippen molar-refractivity contribution in [1.82, 2.24) is 15.5 Å². The molecular formula is C13H16N4O2. The second-order valence-electron chi connectivity index (χ2n) is 4.76. The number of ether oxygens (including phenoxy) is 1. The number of nitrogen functional groups attached to an aromatic ring is 1. The van der Waals surface area contributed by atoms with Crippen molar-refractivity contribution in [1.29, 1.82) is 0 Å². The van der Waals surface area contributed by atoms with Crippen LogP contribution < -0.4 is 11.1 Å². The highest BCUT2D eigenvalue weighted by atomic mass is 16.5. The summed E-state index contributed by atoms with van der Waals surface area (Å²) in [5, 5.41) is 10.6. The van der Waals surface area contributed by atoms with Gasteiger partial charge in [-0.05, 0) is 31.0 Å². The summed E-state index contributed by atoms with van der Waals surface area (Å²) in [4.78, 5) is 12.2. The van der Waals surface area contributed by atoms with Crippen molar-refractivity contribution in [2.75, 3.05) is 18.9 Å². The zero-order valence-corrected chi connectivity index (χ0v) is 10.5. The Labute approximate surface area is 110 Å². The van der Waals surface area contributed by atoms with Gasteiger partial charge in [0.15, 0.2) is 5.69 Å². The smallest absolute Gasteiger partial charge is 0.272 e. The van der Waals surface area contributed by atoms with Gasteiger partial charge in [-0.25, -0.2) is 0 Å². The molecule has 1 aliphatic rings. The van der Waals surface area contributed by atoms with E-state index in [1.54, 1.807) is 12.1 Å². The van der Waals surface area contributed by atoms with Crippen LogP contribution in [0.5, 0.6) is 0 Å². The predicted octanol–water partition coefficient (Wildman–Crippen LogP) is 1.05. The van der Waals surface area contributed by atoms with Gasteiger partial charge >= 0.3 is 0 Å². The van der Waals surface area contributed by atoms with Crippen molar-refractivity contribution in [3.8, 4) is 0 Å². The number of hydrogen-bond donors (Lipinski definition) is 3.